The Balaban J connectivity index is 2.22. The summed E-state index contributed by atoms with van der Waals surface area (Å²) in [6.07, 6.45) is 3.72. The van der Waals surface area contributed by atoms with Gasteiger partial charge in [-0.3, -0.25) is 19.1 Å². The van der Waals surface area contributed by atoms with E-state index in [9.17, 15) is 14.9 Å². The van der Waals surface area contributed by atoms with E-state index in [4.69, 9.17) is 17.0 Å². The molecule has 0 spiro atoms. The van der Waals surface area contributed by atoms with E-state index in [2.05, 4.69) is 24.8 Å². The van der Waals surface area contributed by atoms with Gasteiger partial charge in [0.25, 0.3) is 11.5 Å². The predicted octanol–water partition coefficient (Wildman–Crippen LogP) is 3.77. The molecule has 1 aromatic heterocycles. The van der Waals surface area contributed by atoms with Crippen LogP contribution in [0.5, 0.6) is 0 Å². The third kappa shape index (κ3) is 5.18. The van der Waals surface area contributed by atoms with E-state index in [-0.39, 0.29) is 17.0 Å². The number of thiocarbonyl (C=S) groups is 1. The average Bonchev–Trinajstić information content (AvgIpc) is 3.02. The van der Waals surface area contributed by atoms with Gasteiger partial charge in [-0.2, -0.15) is 5.26 Å². The van der Waals surface area contributed by atoms with Gasteiger partial charge < -0.3 is 9.64 Å². The molecule has 0 bridgehead atoms. The molecule has 0 aliphatic carbocycles. The molecule has 0 saturated carbocycles. The highest BCUT2D eigenvalue weighted by molar-refractivity contribution is 8.26. The highest BCUT2D eigenvalue weighted by Gasteiger charge is 2.34. The molecule has 3 heterocycles. The lowest BCUT2D eigenvalue weighted by atomic mass is 9.91. The molecular formula is C24H32N4O3S2. The molecule has 0 radical (unpaired) electrons. The Kier molecular flexibility index (Phi) is 8.38. The number of carbonyl (C=O) groups is 1. The lowest BCUT2D eigenvalue weighted by molar-refractivity contribution is -0.122. The Morgan fingerprint density at radius 1 is 1.24 bits per heavy atom. The molecule has 2 atom stereocenters. The van der Waals surface area contributed by atoms with Crippen LogP contribution in [0.4, 0.5) is 5.82 Å². The molecule has 2 saturated heterocycles. The van der Waals surface area contributed by atoms with E-state index in [1.807, 2.05) is 13.0 Å². The number of rotatable bonds is 7. The van der Waals surface area contributed by atoms with Crippen LogP contribution in [0.25, 0.3) is 6.08 Å². The van der Waals surface area contributed by atoms with Crippen molar-refractivity contribution in [3.63, 3.8) is 0 Å². The first-order chi connectivity index (χ1) is 15.7. The molecule has 0 N–H and O–H groups in total. The molecule has 178 valence electrons. The minimum Gasteiger partial charge on any atom is -0.383 e. The second kappa shape index (κ2) is 10.9. The lowest BCUT2D eigenvalue weighted by Gasteiger charge is -2.39. The maximum absolute atomic E-state index is 13.3. The summed E-state index contributed by atoms with van der Waals surface area (Å²) in [6, 6.07) is 2.11. The third-order valence-corrected chi connectivity index (χ3v) is 7.51. The van der Waals surface area contributed by atoms with Gasteiger partial charge in [-0.1, -0.05) is 44.8 Å². The van der Waals surface area contributed by atoms with Crippen molar-refractivity contribution in [2.45, 2.75) is 47.1 Å². The van der Waals surface area contributed by atoms with Crippen molar-refractivity contribution in [1.29, 1.82) is 5.26 Å². The zero-order valence-corrected chi connectivity index (χ0v) is 21.6. The van der Waals surface area contributed by atoms with Gasteiger partial charge in [0.2, 0.25) is 0 Å². The number of thioether (sulfide) groups is 1. The van der Waals surface area contributed by atoms with Crippen LogP contribution in [0, 0.1) is 30.1 Å². The number of nitriles is 1. The van der Waals surface area contributed by atoms with Crippen LogP contribution in [0.15, 0.2) is 9.70 Å². The van der Waals surface area contributed by atoms with E-state index in [0.717, 1.165) is 37.3 Å². The zero-order chi connectivity index (χ0) is 24.3. The first kappa shape index (κ1) is 25.5. The molecule has 3 rings (SSSR count). The molecule has 0 aromatic carbocycles. The van der Waals surface area contributed by atoms with Crippen molar-refractivity contribution >= 4 is 46.1 Å². The van der Waals surface area contributed by atoms with Crippen molar-refractivity contribution in [2.75, 3.05) is 38.3 Å². The number of ether oxygens (including phenoxy) is 1. The van der Waals surface area contributed by atoms with Gasteiger partial charge in [0, 0.05) is 32.3 Å². The minimum atomic E-state index is -0.262. The monoisotopic (exact) mass is 488 g/mol. The predicted molar refractivity (Wildman–Crippen MR) is 137 cm³/mol. The summed E-state index contributed by atoms with van der Waals surface area (Å²) in [5.41, 5.74) is 1.24. The van der Waals surface area contributed by atoms with Gasteiger partial charge in [0.1, 0.15) is 21.8 Å². The van der Waals surface area contributed by atoms with Gasteiger partial charge in [-0.15, -0.1) is 0 Å². The number of anilines is 1. The number of hydrogen-bond acceptors (Lipinski definition) is 7. The maximum Gasteiger partial charge on any atom is 0.270 e. The maximum atomic E-state index is 13.3. The molecule has 2 unspecified atom stereocenters. The van der Waals surface area contributed by atoms with Crippen molar-refractivity contribution in [1.82, 2.24) is 9.47 Å². The quantitative estimate of drug-likeness (QED) is 0.427. The summed E-state index contributed by atoms with van der Waals surface area (Å²) in [5.74, 6) is 1.60. The number of carbonyl (C=O) groups excluding carboxylic acids is 1. The van der Waals surface area contributed by atoms with Gasteiger partial charge >= 0.3 is 0 Å². The van der Waals surface area contributed by atoms with E-state index < -0.39 is 0 Å². The second-order valence-corrected chi connectivity index (χ2v) is 10.7. The Bertz CT molecular complexity index is 1060. The smallest absolute Gasteiger partial charge is 0.270 e. The van der Waals surface area contributed by atoms with Gasteiger partial charge in [0.05, 0.1) is 18.1 Å². The van der Waals surface area contributed by atoms with Crippen molar-refractivity contribution in [3.8, 4) is 6.07 Å². The summed E-state index contributed by atoms with van der Waals surface area (Å²) in [7, 11) is 1.59. The lowest BCUT2D eigenvalue weighted by Crippen LogP contribution is -2.43. The number of hydrogen-bond donors (Lipinski definition) is 0. The van der Waals surface area contributed by atoms with E-state index >= 15 is 0 Å². The van der Waals surface area contributed by atoms with Crippen LogP contribution in [-0.2, 0) is 16.1 Å². The second-order valence-electron chi connectivity index (χ2n) is 8.98. The Morgan fingerprint density at radius 3 is 2.48 bits per heavy atom. The summed E-state index contributed by atoms with van der Waals surface area (Å²) < 4.78 is 7.34. The van der Waals surface area contributed by atoms with E-state index in [0.29, 0.717) is 46.3 Å². The fraction of sp³-hybridized carbons (Fsp3) is 0.583. The molecule has 1 amide bonds. The molecule has 33 heavy (non-hydrogen) atoms. The molecule has 1 aromatic rings. The van der Waals surface area contributed by atoms with Gasteiger partial charge in [-0.05, 0) is 43.2 Å². The van der Waals surface area contributed by atoms with E-state index in [1.165, 1.54) is 11.8 Å². The summed E-state index contributed by atoms with van der Waals surface area (Å²) in [5, 5.41) is 9.78. The van der Waals surface area contributed by atoms with Crippen LogP contribution in [-0.4, -0.2) is 53.0 Å². The fourth-order valence-corrected chi connectivity index (χ4v) is 6.05. The highest BCUT2D eigenvalue weighted by atomic mass is 32.2. The topological polar surface area (TPSA) is 78.6 Å². The van der Waals surface area contributed by atoms with Crippen LogP contribution >= 0.6 is 24.0 Å². The first-order valence-electron chi connectivity index (χ1n) is 11.4. The molecular weight excluding hydrogens is 456 g/mol. The van der Waals surface area contributed by atoms with Crippen LogP contribution in [0.2, 0.25) is 0 Å². The third-order valence-electron chi connectivity index (χ3n) is 6.13. The van der Waals surface area contributed by atoms with Crippen molar-refractivity contribution < 1.29 is 9.53 Å². The molecule has 2 aliphatic rings. The summed E-state index contributed by atoms with van der Waals surface area (Å²) in [6.45, 7) is 11.2. The zero-order valence-electron chi connectivity index (χ0n) is 20.0. The molecule has 9 heteroatoms. The van der Waals surface area contributed by atoms with Crippen molar-refractivity contribution in [3.05, 3.63) is 31.9 Å². The average molecular weight is 489 g/mol. The van der Waals surface area contributed by atoms with Gasteiger partial charge in [-0.25, -0.2) is 0 Å². The SMILES string of the molecule is CCCn1c(N2CC(C)CC(C)C2)c(/C=C2/SC(=S)N(CCOC)C2=O)c(C)c(C#N)c1=O. The normalized spacial score (nSPS) is 22.4. The Hall–Kier alpha value is -2.15. The summed E-state index contributed by atoms with van der Waals surface area (Å²) >= 11 is 6.69. The first-order valence-corrected chi connectivity index (χ1v) is 12.6. The Morgan fingerprint density at radius 2 is 1.91 bits per heavy atom. The van der Waals surface area contributed by atoms with Crippen LogP contribution < -0.4 is 10.5 Å². The minimum absolute atomic E-state index is 0.131. The van der Waals surface area contributed by atoms with Crippen LogP contribution in [0.3, 0.4) is 0 Å². The largest absolute Gasteiger partial charge is 0.383 e. The molecule has 7 nitrogen and oxygen atoms in total. The van der Waals surface area contributed by atoms with Crippen molar-refractivity contribution in [2.24, 2.45) is 11.8 Å². The number of pyridine rings is 1. The standard InChI is InChI=1S/C24H32N4O3S2/c1-6-7-27-21(26-13-15(2)10-16(3)14-26)18(17(4)19(12-25)22(27)29)11-20-23(30)28(8-9-31-5)24(32)33-20/h11,15-16H,6-10,13-14H2,1-5H3/b20-11+. The fourth-order valence-electron chi connectivity index (χ4n) is 4.76. The molecule has 2 fully saturated rings. The molecule has 2 aliphatic heterocycles. The number of methoxy groups -OCH3 is 1. The number of amides is 1. The summed E-state index contributed by atoms with van der Waals surface area (Å²) in [4.78, 5) is 30.7. The van der Waals surface area contributed by atoms with E-state index in [1.54, 1.807) is 23.5 Å². The number of piperidine rings is 1. The highest BCUT2D eigenvalue weighted by Crippen LogP contribution is 2.37. The van der Waals surface area contributed by atoms with Crippen LogP contribution in [0.1, 0.15) is 50.3 Å². The number of aromatic nitrogens is 1. The Labute approximate surface area is 205 Å². The van der Waals surface area contributed by atoms with Gasteiger partial charge in [0.15, 0.2) is 0 Å². The number of nitrogens with zero attached hydrogens (tertiary/aromatic N) is 4.